The summed E-state index contributed by atoms with van der Waals surface area (Å²) >= 11 is 0. The van der Waals surface area contributed by atoms with Crippen molar-refractivity contribution in [3.8, 4) is 0 Å². The van der Waals surface area contributed by atoms with Crippen LogP contribution in [0.25, 0.3) is 11.0 Å². The van der Waals surface area contributed by atoms with Crippen LogP contribution in [0.4, 0.5) is 0 Å². The number of carbonyl (C=O) groups excluding carboxylic acids is 1. The molecule has 1 amide bonds. The number of hydrogen-bond acceptors (Lipinski definition) is 3. The van der Waals surface area contributed by atoms with Gasteiger partial charge in [0.25, 0.3) is 0 Å². The second kappa shape index (κ2) is 4.55. The molecule has 0 aromatic carbocycles. The van der Waals surface area contributed by atoms with E-state index in [9.17, 15) is 4.79 Å². The van der Waals surface area contributed by atoms with Gasteiger partial charge in [-0.05, 0) is 38.7 Å². The molecular formula is C16H20N4O. The molecule has 2 aromatic heterocycles. The minimum absolute atomic E-state index is 0.231. The number of pyridine rings is 1. The van der Waals surface area contributed by atoms with E-state index in [-0.39, 0.29) is 5.91 Å². The van der Waals surface area contributed by atoms with Crippen LogP contribution in [-0.2, 0) is 4.79 Å². The number of aromatic nitrogens is 3. The summed E-state index contributed by atoms with van der Waals surface area (Å²) in [5.41, 5.74) is 2.14. The second-order valence-electron chi connectivity index (χ2n) is 6.33. The van der Waals surface area contributed by atoms with Gasteiger partial charge in [0.2, 0.25) is 5.91 Å². The molecule has 2 bridgehead atoms. The van der Waals surface area contributed by atoms with Crippen LogP contribution in [0.15, 0.2) is 18.5 Å². The van der Waals surface area contributed by atoms with Gasteiger partial charge in [-0.3, -0.25) is 9.78 Å². The van der Waals surface area contributed by atoms with Gasteiger partial charge in [-0.15, -0.1) is 0 Å². The summed E-state index contributed by atoms with van der Waals surface area (Å²) < 4.78 is 2.34. The first-order valence-electron chi connectivity index (χ1n) is 7.72. The number of aryl methyl sites for hydroxylation is 1. The van der Waals surface area contributed by atoms with Gasteiger partial charge in [0, 0.05) is 31.2 Å². The average Bonchev–Trinajstić information content (AvgIpc) is 2.92. The lowest BCUT2D eigenvalue weighted by molar-refractivity contribution is -0.133. The van der Waals surface area contributed by atoms with Crippen molar-refractivity contribution in [2.75, 3.05) is 0 Å². The zero-order valence-corrected chi connectivity index (χ0v) is 12.5. The Bertz CT molecular complexity index is 693. The minimum Gasteiger partial charge on any atom is -0.337 e. The molecule has 2 aliphatic rings. The molecule has 0 N–H and O–H groups in total. The normalized spacial score (nSPS) is 28.3. The van der Waals surface area contributed by atoms with E-state index in [1.54, 1.807) is 13.1 Å². The number of fused-ring (bicyclic) bond motifs is 3. The van der Waals surface area contributed by atoms with Crippen molar-refractivity contribution in [1.29, 1.82) is 0 Å². The summed E-state index contributed by atoms with van der Waals surface area (Å²) in [5, 5.41) is 0. The van der Waals surface area contributed by atoms with Crippen LogP contribution in [0, 0.1) is 6.92 Å². The van der Waals surface area contributed by atoms with Gasteiger partial charge >= 0.3 is 0 Å². The van der Waals surface area contributed by atoms with Crippen molar-refractivity contribution in [3.63, 3.8) is 0 Å². The third-order valence-electron chi connectivity index (χ3n) is 5.11. The Labute approximate surface area is 124 Å². The molecule has 2 aliphatic heterocycles. The first-order chi connectivity index (χ1) is 10.1. The minimum atomic E-state index is 0.231. The fourth-order valence-corrected chi connectivity index (χ4v) is 4.40. The van der Waals surface area contributed by atoms with Gasteiger partial charge in [0.05, 0.1) is 17.2 Å². The van der Waals surface area contributed by atoms with Gasteiger partial charge in [-0.25, -0.2) is 4.98 Å². The molecule has 0 spiro atoms. The van der Waals surface area contributed by atoms with Crippen molar-refractivity contribution >= 4 is 16.9 Å². The molecule has 2 saturated heterocycles. The summed E-state index contributed by atoms with van der Waals surface area (Å²) in [6, 6.07) is 3.21. The Hall–Kier alpha value is -1.91. The molecule has 3 atom stereocenters. The maximum atomic E-state index is 11.8. The van der Waals surface area contributed by atoms with Gasteiger partial charge < -0.3 is 9.47 Å². The first-order valence-corrected chi connectivity index (χ1v) is 7.72. The summed E-state index contributed by atoms with van der Waals surface area (Å²) in [6.07, 6.45) is 8.07. The van der Waals surface area contributed by atoms with E-state index in [1.165, 1.54) is 0 Å². The molecule has 0 radical (unpaired) electrons. The van der Waals surface area contributed by atoms with Crippen molar-refractivity contribution in [1.82, 2.24) is 19.4 Å². The Morgan fingerprint density at radius 1 is 1.24 bits per heavy atom. The molecule has 4 heterocycles. The topological polar surface area (TPSA) is 51.0 Å². The standard InChI is InChI=1S/C16H20N4O/c1-10-18-15-5-6-17-9-16(15)19(10)14-7-12-3-4-13(8-14)20(12)11(2)21/h5-6,9,12-14H,3-4,7-8H2,1-2H3/t12-,13+,14+. The maximum absolute atomic E-state index is 11.8. The summed E-state index contributed by atoms with van der Waals surface area (Å²) in [7, 11) is 0. The Kier molecular flexibility index (Phi) is 2.77. The van der Waals surface area contributed by atoms with E-state index in [1.807, 2.05) is 12.3 Å². The smallest absolute Gasteiger partial charge is 0.219 e. The lowest BCUT2D eigenvalue weighted by Crippen LogP contribution is -2.46. The van der Waals surface area contributed by atoms with Gasteiger partial charge in [0.1, 0.15) is 5.82 Å². The molecule has 2 fully saturated rings. The zero-order valence-electron chi connectivity index (χ0n) is 12.5. The van der Waals surface area contributed by atoms with Gasteiger partial charge in [-0.1, -0.05) is 0 Å². The predicted octanol–water partition coefficient (Wildman–Crippen LogP) is 2.45. The number of amides is 1. The van der Waals surface area contributed by atoms with Crippen LogP contribution >= 0.6 is 0 Å². The maximum Gasteiger partial charge on any atom is 0.219 e. The number of carbonyl (C=O) groups is 1. The Morgan fingerprint density at radius 2 is 1.95 bits per heavy atom. The number of imidazole rings is 1. The highest BCUT2D eigenvalue weighted by Crippen LogP contribution is 2.42. The Morgan fingerprint density at radius 3 is 2.62 bits per heavy atom. The number of piperidine rings is 1. The van der Waals surface area contributed by atoms with Crippen molar-refractivity contribution in [2.45, 2.75) is 57.7 Å². The molecular weight excluding hydrogens is 264 g/mol. The summed E-state index contributed by atoms with van der Waals surface area (Å²) in [5.74, 6) is 1.29. The molecule has 0 unspecified atom stereocenters. The average molecular weight is 284 g/mol. The van der Waals surface area contributed by atoms with E-state index >= 15 is 0 Å². The largest absolute Gasteiger partial charge is 0.337 e. The van der Waals surface area contributed by atoms with Crippen molar-refractivity contribution in [3.05, 3.63) is 24.3 Å². The highest BCUT2D eigenvalue weighted by molar-refractivity contribution is 5.75. The highest BCUT2D eigenvalue weighted by atomic mass is 16.2. The van der Waals surface area contributed by atoms with E-state index < -0.39 is 0 Å². The number of nitrogens with zero attached hydrogens (tertiary/aromatic N) is 4. The molecule has 2 aromatic rings. The number of rotatable bonds is 1. The molecule has 0 aliphatic carbocycles. The van der Waals surface area contributed by atoms with Crippen LogP contribution in [0.3, 0.4) is 0 Å². The lowest BCUT2D eigenvalue weighted by Gasteiger charge is -2.39. The van der Waals surface area contributed by atoms with Gasteiger partial charge in [-0.2, -0.15) is 0 Å². The van der Waals surface area contributed by atoms with Crippen LogP contribution in [0.2, 0.25) is 0 Å². The number of hydrogen-bond donors (Lipinski definition) is 0. The third-order valence-corrected chi connectivity index (χ3v) is 5.11. The molecule has 21 heavy (non-hydrogen) atoms. The second-order valence-corrected chi connectivity index (χ2v) is 6.33. The summed E-state index contributed by atoms with van der Waals surface area (Å²) in [6.45, 7) is 3.77. The third kappa shape index (κ3) is 1.87. The zero-order chi connectivity index (χ0) is 14.6. The fraction of sp³-hybridized carbons (Fsp3) is 0.562. The molecule has 110 valence electrons. The van der Waals surface area contributed by atoms with E-state index in [0.717, 1.165) is 42.5 Å². The predicted molar refractivity (Wildman–Crippen MR) is 79.9 cm³/mol. The van der Waals surface area contributed by atoms with Crippen LogP contribution in [-0.4, -0.2) is 37.4 Å². The highest BCUT2D eigenvalue weighted by Gasteiger charge is 2.43. The van der Waals surface area contributed by atoms with Crippen LogP contribution in [0.1, 0.15) is 44.5 Å². The van der Waals surface area contributed by atoms with Crippen LogP contribution in [0.5, 0.6) is 0 Å². The molecule has 0 saturated carbocycles. The van der Waals surface area contributed by atoms with Crippen LogP contribution < -0.4 is 0 Å². The van der Waals surface area contributed by atoms with E-state index in [2.05, 4.69) is 26.4 Å². The monoisotopic (exact) mass is 284 g/mol. The lowest BCUT2D eigenvalue weighted by atomic mass is 9.96. The Balaban J connectivity index is 1.72. The first kappa shape index (κ1) is 12.8. The van der Waals surface area contributed by atoms with Gasteiger partial charge in [0.15, 0.2) is 0 Å². The molecule has 5 nitrogen and oxygen atoms in total. The van der Waals surface area contributed by atoms with Crippen molar-refractivity contribution < 1.29 is 4.79 Å². The van der Waals surface area contributed by atoms with E-state index in [0.29, 0.717) is 18.1 Å². The van der Waals surface area contributed by atoms with Crippen molar-refractivity contribution in [2.24, 2.45) is 0 Å². The SMILES string of the molecule is CC(=O)N1[C@@H]2CC[C@H]1C[C@@H](n1c(C)nc3ccncc31)C2. The quantitative estimate of drug-likeness (QED) is 0.808. The van der Waals surface area contributed by atoms with E-state index in [4.69, 9.17) is 0 Å². The fourth-order valence-electron chi connectivity index (χ4n) is 4.40. The summed E-state index contributed by atoms with van der Waals surface area (Å²) in [4.78, 5) is 22.9. The molecule has 4 rings (SSSR count). The molecule has 5 heteroatoms.